The van der Waals surface area contributed by atoms with Gasteiger partial charge in [-0.2, -0.15) is 0 Å². The highest BCUT2D eigenvalue weighted by molar-refractivity contribution is 6.74. The van der Waals surface area contributed by atoms with Crippen molar-refractivity contribution < 1.29 is 9.26 Å². The van der Waals surface area contributed by atoms with Crippen molar-refractivity contribution in [3.8, 4) is 0 Å². The molecule has 80 valence electrons. The molecular weight excluding hydrogens is 182 g/mol. The van der Waals surface area contributed by atoms with Crippen LogP contribution in [0.5, 0.6) is 0 Å². The molecule has 0 saturated heterocycles. The molecule has 0 aliphatic heterocycles. The van der Waals surface area contributed by atoms with Crippen LogP contribution >= 0.6 is 0 Å². The Bertz CT molecular complexity index is 154. The molecule has 0 amide bonds. The van der Waals surface area contributed by atoms with E-state index < -0.39 is 8.32 Å². The average molecular weight is 205 g/mol. The summed E-state index contributed by atoms with van der Waals surface area (Å²) < 4.78 is 5.88. The van der Waals surface area contributed by atoms with Gasteiger partial charge in [0.15, 0.2) is 8.32 Å². The SMILES string of the molecule is C[C@H](CO[Si](C)(C)C(C)(C)C)ON. The molecule has 0 aliphatic rings. The summed E-state index contributed by atoms with van der Waals surface area (Å²) in [5.41, 5.74) is 0. The highest BCUT2D eigenvalue weighted by atomic mass is 28.4. The molecule has 0 spiro atoms. The molecule has 3 nitrogen and oxygen atoms in total. The summed E-state index contributed by atoms with van der Waals surface area (Å²) >= 11 is 0. The lowest BCUT2D eigenvalue weighted by Crippen LogP contribution is -2.42. The lowest BCUT2D eigenvalue weighted by molar-refractivity contribution is 0.0280. The van der Waals surface area contributed by atoms with E-state index in [0.717, 1.165) is 0 Å². The molecule has 0 rings (SSSR count). The first-order valence-electron chi connectivity index (χ1n) is 4.70. The van der Waals surface area contributed by atoms with Crippen LogP contribution in [0.2, 0.25) is 18.1 Å². The fourth-order valence-electron chi connectivity index (χ4n) is 0.581. The van der Waals surface area contributed by atoms with Gasteiger partial charge in [-0.25, -0.2) is 5.90 Å². The molecular formula is C9H23NO2Si. The maximum Gasteiger partial charge on any atom is 0.192 e. The van der Waals surface area contributed by atoms with Gasteiger partial charge in [-0.05, 0) is 25.1 Å². The van der Waals surface area contributed by atoms with Crippen molar-refractivity contribution in [2.75, 3.05) is 6.61 Å². The van der Waals surface area contributed by atoms with Crippen molar-refractivity contribution in [2.24, 2.45) is 5.90 Å². The zero-order chi connectivity index (χ0) is 10.7. The lowest BCUT2D eigenvalue weighted by Gasteiger charge is -2.36. The third kappa shape index (κ3) is 4.22. The molecule has 0 fully saturated rings. The van der Waals surface area contributed by atoms with E-state index in [2.05, 4.69) is 38.7 Å². The number of rotatable bonds is 4. The van der Waals surface area contributed by atoms with E-state index in [1.165, 1.54) is 0 Å². The van der Waals surface area contributed by atoms with Crippen LogP contribution in [-0.4, -0.2) is 21.0 Å². The summed E-state index contributed by atoms with van der Waals surface area (Å²) in [6.45, 7) is 13.6. The summed E-state index contributed by atoms with van der Waals surface area (Å²) in [6, 6.07) is 0. The van der Waals surface area contributed by atoms with Crippen LogP contribution in [0.1, 0.15) is 27.7 Å². The predicted molar refractivity (Wildman–Crippen MR) is 57.9 cm³/mol. The van der Waals surface area contributed by atoms with Crippen LogP contribution in [0.25, 0.3) is 0 Å². The standard InChI is InChI=1S/C9H23NO2Si/c1-8(12-10)7-11-13(5,6)9(2,3)4/h8H,7,10H2,1-6H3/t8-/m1/s1. The molecule has 0 bridgehead atoms. The highest BCUT2D eigenvalue weighted by Crippen LogP contribution is 2.36. The van der Waals surface area contributed by atoms with Crippen molar-refractivity contribution in [1.82, 2.24) is 0 Å². The second kappa shape index (κ2) is 4.55. The third-order valence-corrected chi connectivity index (χ3v) is 7.22. The molecule has 0 aromatic heterocycles. The normalized spacial score (nSPS) is 15.9. The number of nitrogens with two attached hydrogens (primary N) is 1. The minimum Gasteiger partial charge on any atom is -0.414 e. The molecule has 1 atom stereocenters. The van der Waals surface area contributed by atoms with E-state index in [0.29, 0.717) is 6.61 Å². The van der Waals surface area contributed by atoms with Gasteiger partial charge in [0.2, 0.25) is 0 Å². The van der Waals surface area contributed by atoms with Crippen molar-refractivity contribution in [3.63, 3.8) is 0 Å². The minimum atomic E-state index is -1.62. The zero-order valence-corrected chi connectivity index (χ0v) is 10.7. The molecule has 0 aromatic rings. The first-order chi connectivity index (χ1) is 5.70. The molecule has 4 heteroatoms. The summed E-state index contributed by atoms with van der Waals surface area (Å²) in [4.78, 5) is 4.66. The zero-order valence-electron chi connectivity index (χ0n) is 9.68. The minimum absolute atomic E-state index is 0.0193. The quantitative estimate of drug-likeness (QED) is 0.566. The van der Waals surface area contributed by atoms with Crippen molar-refractivity contribution in [3.05, 3.63) is 0 Å². The Hall–Kier alpha value is 0.0969. The number of hydrogen-bond donors (Lipinski definition) is 1. The molecule has 13 heavy (non-hydrogen) atoms. The molecule has 0 aromatic carbocycles. The third-order valence-electron chi connectivity index (χ3n) is 2.72. The van der Waals surface area contributed by atoms with Crippen LogP contribution in [0.3, 0.4) is 0 Å². The Labute approximate surface area is 82.7 Å². The Balaban J connectivity index is 4.04. The molecule has 0 heterocycles. The van der Waals surface area contributed by atoms with E-state index in [9.17, 15) is 0 Å². The van der Waals surface area contributed by atoms with Gasteiger partial charge in [-0.15, -0.1) is 0 Å². The molecule has 2 N–H and O–H groups in total. The van der Waals surface area contributed by atoms with E-state index in [1.54, 1.807) is 0 Å². The summed E-state index contributed by atoms with van der Waals surface area (Å²) in [5.74, 6) is 5.05. The van der Waals surface area contributed by atoms with Gasteiger partial charge in [0.05, 0.1) is 12.7 Å². The summed E-state index contributed by atoms with van der Waals surface area (Å²) in [5, 5.41) is 0.251. The van der Waals surface area contributed by atoms with Gasteiger partial charge >= 0.3 is 0 Å². The van der Waals surface area contributed by atoms with Gasteiger partial charge < -0.3 is 4.43 Å². The largest absolute Gasteiger partial charge is 0.414 e. The molecule has 0 unspecified atom stereocenters. The second-order valence-electron chi connectivity index (χ2n) is 5.02. The van der Waals surface area contributed by atoms with E-state index in [-0.39, 0.29) is 11.1 Å². The Morgan fingerprint density at radius 1 is 1.31 bits per heavy atom. The smallest absolute Gasteiger partial charge is 0.192 e. The fraction of sp³-hybridized carbons (Fsp3) is 1.00. The van der Waals surface area contributed by atoms with Crippen LogP contribution in [0.4, 0.5) is 0 Å². The topological polar surface area (TPSA) is 44.5 Å². The lowest BCUT2D eigenvalue weighted by atomic mass is 10.2. The first kappa shape index (κ1) is 13.1. The maximum absolute atomic E-state index is 5.88. The number of hydrogen-bond acceptors (Lipinski definition) is 3. The van der Waals surface area contributed by atoms with Crippen molar-refractivity contribution >= 4 is 8.32 Å². The first-order valence-corrected chi connectivity index (χ1v) is 7.61. The molecule has 0 radical (unpaired) electrons. The van der Waals surface area contributed by atoms with Gasteiger partial charge in [0, 0.05) is 0 Å². The van der Waals surface area contributed by atoms with Crippen LogP contribution in [-0.2, 0) is 9.26 Å². The van der Waals surface area contributed by atoms with Crippen molar-refractivity contribution in [2.45, 2.75) is 51.9 Å². The van der Waals surface area contributed by atoms with Crippen molar-refractivity contribution in [1.29, 1.82) is 0 Å². The van der Waals surface area contributed by atoms with E-state index in [4.69, 9.17) is 10.3 Å². The van der Waals surface area contributed by atoms with Crippen LogP contribution in [0, 0.1) is 0 Å². The summed E-state index contributed by atoms with van der Waals surface area (Å²) in [7, 11) is -1.62. The van der Waals surface area contributed by atoms with Gasteiger partial charge in [-0.1, -0.05) is 20.8 Å². The predicted octanol–water partition coefficient (Wildman–Crippen LogP) is 2.29. The summed E-state index contributed by atoms with van der Waals surface area (Å²) in [6.07, 6.45) is -0.0193. The fourth-order valence-corrected chi connectivity index (χ4v) is 1.67. The molecule has 0 aliphatic carbocycles. The second-order valence-corrected chi connectivity index (χ2v) is 9.83. The average Bonchev–Trinajstić information content (AvgIpc) is 1.98. The highest BCUT2D eigenvalue weighted by Gasteiger charge is 2.37. The van der Waals surface area contributed by atoms with Crippen LogP contribution in [0.15, 0.2) is 0 Å². The maximum atomic E-state index is 5.88. The Morgan fingerprint density at radius 2 is 1.77 bits per heavy atom. The van der Waals surface area contributed by atoms with Gasteiger partial charge in [0.1, 0.15) is 0 Å². The van der Waals surface area contributed by atoms with Crippen LogP contribution < -0.4 is 5.90 Å². The monoisotopic (exact) mass is 205 g/mol. The van der Waals surface area contributed by atoms with Gasteiger partial charge in [0.25, 0.3) is 0 Å². The van der Waals surface area contributed by atoms with E-state index >= 15 is 0 Å². The van der Waals surface area contributed by atoms with Gasteiger partial charge in [-0.3, -0.25) is 4.84 Å². The van der Waals surface area contributed by atoms with E-state index in [1.807, 2.05) is 6.92 Å². The Morgan fingerprint density at radius 3 is 2.08 bits per heavy atom. The Kier molecular flexibility index (Phi) is 4.58. The molecule has 0 saturated carbocycles.